The predicted molar refractivity (Wildman–Crippen MR) is 120 cm³/mol. The average molecular weight is 399 g/mol. The van der Waals surface area contributed by atoms with Crippen molar-refractivity contribution in [2.75, 3.05) is 11.9 Å². The zero-order valence-corrected chi connectivity index (χ0v) is 17.2. The van der Waals surface area contributed by atoms with Crippen LogP contribution >= 0.6 is 0 Å². The second-order valence-electron chi connectivity index (χ2n) is 7.44. The molecule has 6 nitrogen and oxygen atoms in total. The van der Waals surface area contributed by atoms with Crippen LogP contribution in [-0.2, 0) is 13.0 Å². The van der Waals surface area contributed by atoms with Crippen molar-refractivity contribution in [2.24, 2.45) is 0 Å². The van der Waals surface area contributed by atoms with Crippen molar-refractivity contribution in [3.8, 4) is 0 Å². The maximum absolute atomic E-state index is 12.2. The van der Waals surface area contributed by atoms with Gasteiger partial charge in [-0.2, -0.15) is 0 Å². The van der Waals surface area contributed by atoms with E-state index in [0.29, 0.717) is 19.5 Å². The molecule has 2 aromatic carbocycles. The summed E-state index contributed by atoms with van der Waals surface area (Å²) >= 11 is 0. The number of urea groups is 1. The lowest BCUT2D eigenvalue weighted by atomic mass is 10.1. The Morgan fingerprint density at radius 1 is 0.967 bits per heavy atom. The van der Waals surface area contributed by atoms with Gasteiger partial charge in [0.2, 0.25) is 0 Å². The lowest BCUT2D eigenvalue weighted by molar-refractivity contribution is 0.252. The molecule has 30 heavy (non-hydrogen) atoms. The van der Waals surface area contributed by atoms with E-state index in [9.17, 15) is 4.79 Å². The second kappa shape index (κ2) is 8.78. The summed E-state index contributed by atoms with van der Waals surface area (Å²) in [7, 11) is 0. The molecule has 0 bridgehead atoms. The van der Waals surface area contributed by atoms with Gasteiger partial charge in [0.15, 0.2) is 5.65 Å². The number of imidazole rings is 1. The molecule has 0 unspecified atom stereocenters. The minimum Gasteiger partial charge on any atom is -0.337 e. The smallest absolute Gasteiger partial charge is 0.319 e. The first-order valence-corrected chi connectivity index (χ1v) is 10.1. The monoisotopic (exact) mass is 399 g/mol. The van der Waals surface area contributed by atoms with Crippen LogP contribution in [0.3, 0.4) is 0 Å². The molecular weight excluding hydrogens is 374 g/mol. The Morgan fingerprint density at radius 2 is 1.67 bits per heavy atom. The van der Waals surface area contributed by atoms with Crippen LogP contribution in [0, 0.1) is 13.8 Å². The van der Waals surface area contributed by atoms with E-state index in [0.717, 1.165) is 28.2 Å². The molecule has 2 aromatic heterocycles. The van der Waals surface area contributed by atoms with Crippen LogP contribution in [0.2, 0.25) is 0 Å². The topological polar surface area (TPSA) is 71.8 Å². The summed E-state index contributed by atoms with van der Waals surface area (Å²) in [6, 6.07) is 19.8. The normalized spacial score (nSPS) is 10.9. The highest BCUT2D eigenvalue weighted by Crippen LogP contribution is 2.17. The molecule has 6 heteroatoms. The zero-order valence-electron chi connectivity index (χ0n) is 17.2. The van der Waals surface area contributed by atoms with Crippen molar-refractivity contribution >= 4 is 22.9 Å². The number of aryl methyl sites for hydroxylation is 2. The Bertz CT molecular complexity index is 1150. The van der Waals surface area contributed by atoms with Gasteiger partial charge in [0.1, 0.15) is 11.3 Å². The number of amides is 2. The number of carbonyl (C=O) groups excluding carboxylic acids is 1. The minimum atomic E-state index is -0.224. The van der Waals surface area contributed by atoms with Crippen molar-refractivity contribution < 1.29 is 4.79 Å². The number of nitrogens with zero attached hydrogens (tertiary/aromatic N) is 3. The number of pyridine rings is 1. The Labute approximate surface area is 176 Å². The first-order valence-electron chi connectivity index (χ1n) is 10.1. The molecule has 2 heterocycles. The van der Waals surface area contributed by atoms with E-state index in [2.05, 4.69) is 51.4 Å². The van der Waals surface area contributed by atoms with Crippen molar-refractivity contribution in [1.82, 2.24) is 19.9 Å². The standard InChI is InChI=1S/C24H25N5O/c1-17-5-9-19(10-6-17)16-29-22(28-21-4-3-14-25-23(21)29)13-15-26-24(30)27-20-11-7-18(2)8-12-20/h3-12,14H,13,15-16H2,1-2H3,(H2,26,27,30). The maximum atomic E-state index is 12.2. The van der Waals surface area contributed by atoms with Gasteiger partial charge in [-0.1, -0.05) is 47.5 Å². The summed E-state index contributed by atoms with van der Waals surface area (Å²) in [5.74, 6) is 0.903. The van der Waals surface area contributed by atoms with E-state index in [-0.39, 0.29) is 6.03 Å². The zero-order chi connectivity index (χ0) is 20.9. The van der Waals surface area contributed by atoms with Gasteiger partial charge in [-0.3, -0.25) is 0 Å². The molecule has 0 saturated heterocycles. The van der Waals surface area contributed by atoms with E-state index in [1.165, 1.54) is 11.1 Å². The lowest BCUT2D eigenvalue weighted by Crippen LogP contribution is -2.31. The molecule has 0 radical (unpaired) electrons. The number of anilines is 1. The van der Waals surface area contributed by atoms with E-state index in [1.54, 1.807) is 6.20 Å². The van der Waals surface area contributed by atoms with Crippen molar-refractivity contribution in [1.29, 1.82) is 0 Å². The third kappa shape index (κ3) is 4.66. The van der Waals surface area contributed by atoms with E-state index >= 15 is 0 Å². The first-order chi connectivity index (χ1) is 14.6. The Kier molecular flexibility index (Phi) is 5.75. The largest absolute Gasteiger partial charge is 0.337 e. The van der Waals surface area contributed by atoms with Gasteiger partial charge in [-0.25, -0.2) is 14.8 Å². The SMILES string of the molecule is Cc1ccc(Cn2c(CCNC(=O)Nc3ccc(C)cc3)nc3cccnc32)cc1. The molecule has 0 aliphatic heterocycles. The summed E-state index contributed by atoms with van der Waals surface area (Å²) in [4.78, 5) is 21.5. The van der Waals surface area contributed by atoms with E-state index in [1.807, 2.05) is 43.3 Å². The average Bonchev–Trinajstić information content (AvgIpc) is 3.09. The van der Waals surface area contributed by atoms with Crippen LogP contribution in [0.4, 0.5) is 10.5 Å². The molecule has 152 valence electrons. The molecule has 2 amide bonds. The van der Waals surface area contributed by atoms with Crippen LogP contribution in [0.1, 0.15) is 22.5 Å². The van der Waals surface area contributed by atoms with Gasteiger partial charge in [0.05, 0.1) is 6.54 Å². The van der Waals surface area contributed by atoms with Crippen molar-refractivity contribution in [3.63, 3.8) is 0 Å². The Morgan fingerprint density at radius 3 is 2.40 bits per heavy atom. The molecule has 4 rings (SSSR count). The van der Waals surface area contributed by atoms with E-state index < -0.39 is 0 Å². The fraction of sp³-hybridized carbons (Fsp3) is 0.208. The van der Waals surface area contributed by atoms with Gasteiger partial charge < -0.3 is 15.2 Å². The van der Waals surface area contributed by atoms with Crippen molar-refractivity contribution in [2.45, 2.75) is 26.8 Å². The fourth-order valence-corrected chi connectivity index (χ4v) is 3.34. The molecule has 0 saturated carbocycles. The number of rotatable bonds is 6. The van der Waals surface area contributed by atoms with E-state index in [4.69, 9.17) is 4.98 Å². The number of nitrogens with one attached hydrogen (secondary N) is 2. The Hall–Kier alpha value is -3.67. The van der Waals surface area contributed by atoms with Gasteiger partial charge in [-0.15, -0.1) is 0 Å². The first kappa shape index (κ1) is 19.6. The molecule has 0 aliphatic rings. The molecule has 0 spiro atoms. The quantitative estimate of drug-likeness (QED) is 0.503. The van der Waals surface area contributed by atoms with Gasteiger partial charge in [0, 0.05) is 24.8 Å². The Balaban J connectivity index is 1.44. The summed E-state index contributed by atoms with van der Waals surface area (Å²) in [6.45, 7) is 5.27. The summed E-state index contributed by atoms with van der Waals surface area (Å²) in [5.41, 5.74) is 6.07. The summed E-state index contributed by atoms with van der Waals surface area (Å²) in [6.07, 6.45) is 2.40. The molecule has 4 aromatic rings. The molecule has 0 aliphatic carbocycles. The van der Waals surface area contributed by atoms with Crippen LogP contribution in [0.25, 0.3) is 11.2 Å². The van der Waals surface area contributed by atoms with Gasteiger partial charge in [0.25, 0.3) is 0 Å². The fourth-order valence-electron chi connectivity index (χ4n) is 3.34. The van der Waals surface area contributed by atoms with Gasteiger partial charge >= 0.3 is 6.03 Å². The summed E-state index contributed by atoms with van der Waals surface area (Å²) < 4.78 is 2.12. The molecule has 2 N–H and O–H groups in total. The maximum Gasteiger partial charge on any atom is 0.319 e. The third-order valence-corrected chi connectivity index (χ3v) is 4.99. The highest BCUT2D eigenvalue weighted by Gasteiger charge is 2.12. The number of fused-ring (bicyclic) bond motifs is 1. The van der Waals surface area contributed by atoms with Crippen molar-refractivity contribution in [3.05, 3.63) is 89.4 Å². The van der Waals surface area contributed by atoms with Crippen LogP contribution in [-0.4, -0.2) is 27.1 Å². The van der Waals surface area contributed by atoms with Crippen LogP contribution in [0.15, 0.2) is 66.9 Å². The molecule has 0 atom stereocenters. The van der Waals surface area contributed by atoms with Gasteiger partial charge in [-0.05, 0) is 43.7 Å². The third-order valence-electron chi connectivity index (χ3n) is 4.99. The number of hydrogen-bond acceptors (Lipinski definition) is 3. The second-order valence-corrected chi connectivity index (χ2v) is 7.44. The van der Waals surface area contributed by atoms with Crippen LogP contribution in [0.5, 0.6) is 0 Å². The predicted octanol–water partition coefficient (Wildman–Crippen LogP) is 4.46. The highest BCUT2D eigenvalue weighted by molar-refractivity contribution is 5.89. The minimum absolute atomic E-state index is 0.224. The number of aromatic nitrogens is 3. The number of hydrogen-bond donors (Lipinski definition) is 2. The number of benzene rings is 2. The number of carbonyl (C=O) groups is 1. The van der Waals surface area contributed by atoms with Crippen LogP contribution < -0.4 is 10.6 Å². The highest BCUT2D eigenvalue weighted by atomic mass is 16.2. The molecular formula is C24H25N5O. The summed E-state index contributed by atoms with van der Waals surface area (Å²) in [5, 5.41) is 5.77. The lowest BCUT2D eigenvalue weighted by Gasteiger charge is -2.11. The molecule has 0 fully saturated rings.